The van der Waals surface area contributed by atoms with Crippen molar-refractivity contribution in [2.75, 3.05) is 6.61 Å². The Balaban J connectivity index is 3.57. The van der Waals surface area contributed by atoms with Crippen molar-refractivity contribution in [1.29, 1.82) is 0 Å². The standard InChI is InChI=1S/C10H18F2O5S/c1-2-3-4-5-6-7-8-15-9(13)10(11,12)18-17-16-14/h14H,2-8H2,1H3. The molecular formula is C10H18F2O5S. The number of carbonyl (C=O) groups excluding carboxylic acids is 1. The smallest absolute Gasteiger partial charge is 0.415 e. The second kappa shape index (κ2) is 10.5. The molecule has 8 heteroatoms. The predicted molar refractivity (Wildman–Crippen MR) is 61.7 cm³/mol. The van der Waals surface area contributed by atoms with Crippen molar-refractivity contribution in [3.63, 3.8) is 0 Å². The monoisotopic (exact) mass is 288 g/mol. The third kappa shape index (κ3) is 8.62. The Labute approximate surface area is 109 Å². The van der Waals surface area contributed by atoms with Crippen molar-refractivity contribution in [2.24, 2.45) is 0 Å². The fourth-order valence-electron chi connectivity index (χ4n) is 1.22. The van der Waals surface area contributed by atoms with Crippen LogP contribution in [0.4, 0.5) is 8.78 Å². The molecular weight excluding hydrogens is 270 g/mol. The van der Waals surface area contributed by atoms with E-state index in [0.717, 1.165) is 32.1 Å². The van der Waals surface area contributed by atoms with E-state index < -0.39 is 23.3 Å². The van der Waals surface area contributed by atoms with E-state index in [0.29, 0.717) is 6.42 Å². The Bertz CT molecular complexity index is 228. The quantitative estimate of drug-likeness (QED) is 0.206. The minimum atomic E-state index is -3.90. The highest BCUT2D eigenvalue weighted by atomic mass is 32.2. The lowest BCUT2D eigenvalue weighted by Crippen LogP contribution is -2.27. The van der Waals surface area contributed by atoms with Crippen LogP contribution in [0, 0.1) is 0 Å². The Morgan fingerprint density at radius 1 is 1.22 bits per heavy atom. The van der Waals surface area contributed by atoms with E-state index in [2.05, 4.69) is 21.0 Å². The predicted octanol–water partition coefficient (Wildman–Crippen LogP) is 3.55. The zero-order chi connectivity index (χ0) is 13.9. The summed E-state index contributed by atoms with van der Waals surface area (Å²) in [6.45, 7) is 2.04. The maximum absolute atomic E-state index is 12.9. The molecule has 0 fully saturated rings. The molecule has 0 aliphatic rings. The lowest BCUT2D eigenvalue weighted by molar-refractivity contribution is -0.433. The average Bonchev–Trinajstić information content (AvgIpc) is 2.35. The molecule has 0 aromatic rings. The Morgan fingerprint density at radius 2 is 1.83 bits per heavy atom. The second-order valence-electron chi connectivity index (χ2n) is 3.65. The summed E-state index contributed by atoms with van der Waals surface area (Å²) in [5.74, 6) is -1.71. The summed E-state index contributed by atoms with van der Waals surface area (Å²) in [5.41, 5.74) is 0. The van der Waals surface area contributed by atoms with Crippen LogP contribution in [-0.4, -0.2) is 23.1 Å². The lowest BCUT2D eigenvalue weighted by atomic mass is 10.1. The van der Waals surface area contributed by atoms with Crippen LogP contribution >= 0.6 is 12.0 Å². The molecule has 0 unspecified atom stereocenters. The van der Waals surface area contributed by atoms with Gasteiger partial charge in [0.1, 0.15) is 12.0 Å². The van der Waals surface area contributed by atoms with Crippen molar-refractivity contribution in [1.82, 2.24) is 0 Å². The number of hydrogen-bond donors (Lipinski definition) is 1. The van der Waals surface area contributed by atoms with Gasteiger partial charge in [0.2, 0.25) is 0 Å². The molecule has 0 atom stereocenters. The van der Waals surface area contributed by atoms with Gasteiger partial charge in [0, 0.05) is 0 Å². The highest BCUT2D eigenvalue weighted by molar-refractivity contribution is 7.96. The molecule has 108 valence electrons. The van der Waals surface area contributed by atoms with Crippen LogP contribution in [0.1, 0.15) is 45.4 Å². The average molecular weight is 288 g/mol. The van der Waals surface area contributed by atoms with Crippen LogP contribution in [0.5, 0.6) is 0 Å². The number of rotatable bonds is 11. The van der Waals surface area contributed by atoms with Crippen molar-refractivity contribution >= 4 is 18.0 Å². The van der Waals surface area contributed by atoms with Gasteiger partial charge in [-0.1, -0.05) is 44.1 Å². The first-order chi connectivity index (χ1) is 8.54. The number of alkyl halides is 2. The number of esters is 1. The first kappa shape index (κ1) is 17.6. The summed E-state index contributed by atoms with van der Waals surface area (Å²) in [6, 6.07) is 0. The zero-order valence-corrected chi connectivity index (χ0v) is 11.0. The van der Waals surface area contributed by atoms with E-state index in [4.69, 9.17) is 5.26 Å². The number of ether oxygens (including phenoxy) is 1. The normalized spacial score (nSPS) is 11.6. The summed E-state index contributed by atoms with van der Waals surface area (Å²) >= 11 is -0.618. The summed E-state index contributed by atoms with van der Waals surface area (Å²) in [4.78, 5) is 10.9. The van der Waals surface area contributed by atoms with Crippen LogP contribution in [0.2, 0.25) is 0 Å². The summed E-state index contributed by atoms with van der Waals surface area (Å²) in [7, 11) is 0. The van der Waals surface area contributed by atoms with E-state index >= 15 is 0 Å². The maximum atomic E-state index is 12.9. The van der Waals surface area contributed by atoms with E-state index in [1.165, 1.54) is 0 Å². The minimum Gasteiger partial charge on any atom is -0.460 e. The molecule has 0 radical (unpaired) electrons. The van der Waals surface area contributed by atoms with Crippen molar-refractivity contribution in [3.05, 3.63) is 0 Å². The molecule has 0 bridgehead atoms. The molecule has 0 saturated carbocycles. The molecule has 0 saturated heterocycles. The first-order valence-electron chi connectivity index (χ1n) is 5.75. The zero-order valence-electron chi connectivity index (χ0n) is 10.2. The molecule has 1 N–H and O–H groups in total. The Hall–Kier alpha value is -0.440. The summed E-state index contributed by atoms with van der Waals surface area (Å²) in [5, 5.41) is 6.79. The Morgan fingerprint density at radius 3 is 2.44 bits per heavy atom. The molecule has 0 spiro atoms. The van der Waals surface area contributed by atoms with Gasteiger partial charge in [0.05, 0.1) is 6.61 Å². The van der Waals surface area contributed by atoms with Crippen LogP contribution in [0.15, 0.2) is 0 Å². The fraction of sp³-hybridized carbons (Fsp3) is 0.900. The molecule has 0 rings (SSSR count). The molecule has 0 heterocycles. The number of unbranched alkanes of at least 4 members (excludes halogenated alkanes) is 5. The third-order valence-electron chi connectivity index (χ3n) is 2.14. The van der Waals surface area contributed by atoms with Gasteiger partial charge >= 0.3 is 11.2 Å². The molecule has 0 aromatic heterocycles. The van der Waals surface area contributed by atoms with Crippen LogP contribution < -0.4 is 0 Å². The van der Waals surface area contributed by atoms with E-state index in [-0.39, 0.29) is 6.61 Å². The van der Waals surface area contributed by atoms with Gasteiger partial charge in [-0.15, -0.1) is 4.33 Å². The summed E-state index contributed by atoms with van der Waals surface area (Å²) in [6.07, 6.45) is 5.75. The van der Waals surface area contributed by atoms with Gasteiger partial charge in [-0.3, -0.25) is 0 Å². The van der Waals surface area contributed by atoms with Crippen LogP contribution in [-0.2, 0) is 18.9 Å². The third-order valence-corrected chi connectivity index (χ3v) is 2.64. The topological polar surface area (TPSA) is 65.0 Å². The molecule has 0 aliphatic heterocycles. The Kier molecular flexibility index (Phi) is 10.2. The van der Waals surface area contributed by atoms with Gasteiger partial charge in [-0.25, -0.2) is 10.1 Å². The molecule has 0 aromatic carbocycles. The highest BCUT2D eigenvalue weighted by Crippen LogP contribution is 2.31. The largest absolute Gasteiger partial charge is 0.460 e. The summed E-state index contributed by atoms with van der Waals surface area (Å²) < 4.78 is 33.6. The van der Waals surface area contributed by atoms with Crippen molar-refractivity contribution < 1.29 is 32.9 Å². The molecule has 5 nitrogen and oxygen atoms in total. The van der Waals surface area contributed by atoms with Gasteiger partial charge < -0.3 is 4.74 Å². The maximum Gasteiger partial charge on any atom is 0.415 e. The number of halogens is 2. The van der Waals surface area contributed by atoms with Gasteiger partial charge in [-0.05, 0) is 6.42 Å². The number of carbonyl (C=O) groups is 1. The minimum absolute atomic E-state index is 0.0545. The lowest BCUT2D eigenvalue weighted by Gasteiger charge is -2.11. The first-order valence-corrected chi connectivity index (χ1v) is 6.49. The van der Waals surface area contributed by atoms with Gasteiger partial charge in [0.15, 0.2) is 0 Å². The van der Waals surface area contributed by atoms with Crippen LogP contribution in [0.25, 0.3) is 0 Å². The second-order valence-corrected chi connectivity index (χ2v) is 4.46. The van der Waals surface area contributed by atoms with Crippen LogP contribution in [0.3, 0.4) is 0 Å². The van der Waals surface area contributed by atoms with Gasteiger partial charge in [0.25, 0.3) is 0 Å². The van der Waals surface area contributed by atoms with Gasteiger partial charge in [-0.2, -0.15) is 8.78 Å². The molecule has 0 amide bonds. The fourth-order valence-corrected chi connectivity index (χ4v) is 1.47. The molecule has 18 heavy (non-hydrogen) atoms. The SMILES string of the molecule is CCCCCCCCOC(=O)C(F)(F)SOOO. The van der Waals surface area contributed by atoms with Crippen molar-refractivity contribution in [2.45, 2.75) is 50.7 Å². The highest BCUT2D eigenvalue weighted by Gasteiger charge is 2.44. The van der Waals surface area contributed by atoms with Crippen molar-refractivity contribution in [3.8, 4) is 0 Å². The van der Waals surface area contributed by atoms with E-state index in [9.17, 15) is 13.6 Å². The van der Waals surface area contributed by atoms with E-state index in [1.54, 1.807) is 0 Å². The number of hydrogen-bond acceptors (Lipinski definition) is 6. The molecule has 0 aliphatic carbocycles. The van der Waals surface area contributed by atoms with E-state index in [1.807, 2.05) is 0 Å².